The van der Waals surface area contributed by atoms with Gasteiger partial charge >= 0.3 is 0 Å². The smallest absolute Gasteiger partial charge is 0.208 e. The van der Waals surface area contributed by atoms with Crippen LogP contribution in [-0.4, -0.2) is 16.3 Å². The fraction of sp³-hybridized carbons (Fsp3) is 0. The highest BCUT2D eigenvalue weighted by atomic mass is 32.1. The number of hydrogen-bond donors (Lipinski definition) is 2. The van der Waals surface area contributed by atoms with Crippen molar-refractivity contribution in [2.75, 3.05) is 0 Å². The predicted molar refractivity (Wildman–Crippen MR) is 64.8 cm³/mol. The fourth-order valence-electron chi connectivity index (χ4n) is 1.28. The van der Waals surface area contributed by atoms with Gasteiger partial charge in [-0.3, -0.25) is 5.43 Å². The van der Waals surface area contributed by atoms with Crippen LogP contribution in [0.15, 0.2) is 35.6 Å². The first kappa shape index (κ1) is 9.82. The topological polar surface area (TPSA) is 53.6 Å². The lowest BCUT2D eigenvalue weighted by Gasteiger charge is -2.12. The van der Waals surface area contributed by atoms with Crippen LogP contribution in [0.1, 0.15) is 11.1 Å². The summed E-state index contributed by atoms with van der Waals surface area (Å²) in [6.45, 7) is 0. The number of nitrogens with two attached hydrogens (primary N) is 1. The molecular formula is C10H10N4S. The van der Waals surface area contributed by atoms with Crippen molar-refractivity contribution in [1.29, 1.82) is 0 Å². The first-order chi connectivity index (χ1) is 7.31. The van der Waals surface area contributed by atoms with E-state index in [1.54, 1.807) is 12.4 Å². The van der Waals surface area contributed by atoms with Gasteiger partial charge in [0.05, 0.1) is 6.21 Å². The molecule has 4 nitrogen and oxygen atoms in total. The molecule has 0 spiro atoms. The average Bonchev–Trinajstić information content (AvgIpc) is 2.50. The lowest BCUT2D eigenvalue weighted by atomic mass is 10.1. The van der Waals surface area contributed by atoms with Crippen molar-refractivity contribution < 1.29 is 0 Å². The van der Waals surface area contributed by atoms with Crippen molar-refractivity contribution in [3.8, 4) is 0 Å². The van der Waals surface area contributed by atoms with E-state index in [4.69, 9.17) is 18.1 Å². The molecule has 2 rings (SSSR count). The average molecular weight is 218 g/mol. The minimum absolute atomic E-state index is 0.357. The van der Waals surface area contributed by atoms with Gasteiger partial charge in [0.15, 0.2) is 0 Å². The molecule has 0 saturated carbocycles. The van der Waals surface area contributed by atoms with Crippen molar-refractivity contribution in [3.63, 3.8) is 0 Å². The van der Waals surface area contributed by atoms with E-state index in [1.807, 2.05) is 30.3 Å². The molecule has 0 aliphatic carbocycles. The third-order valence-electron chi connectivity index (χ3n) is 2.04. The summed E-state index contributed by atoms with van der Waals surface area (Å²) in [7, 11) is 0. The summed E-state index contributed by atoms with van der Waals surface area (Å²) in [6.07, 6.45) is 5.45. The predicted octanol–water partition coefficient (Wildman–Crippen LogP) is 1.06. The number of nitrogens with zero attached hydrogens (tertiary/aromatic N) is 2. The maximum absolute atomic E-state index is 5.22. The number of nitrogens with one attached hydrogen (secondary N) is 1. The zero-order valence-corrected chi connectivity index (χ0v) is 8.74. The Hall–Kier alpha value is -1.72. The molecule has 0 unspecified atom stereocenters. The van der Waals surface area contributed by atoms with Crippen LogP contribution in [0.5, 0.6) is 0 Å². The van der Waals surface area contributed by atoms with Gasteiger partial charge < -0.3 is 0 Å². The first-order valence-corrected chi connectivity index (χ1v) is 4.83. The Morgan fingerprint density at radius 3 is 2.80 bits per heavy atom. The van der Waals surface area contributed by atoms with Crippen LogP contribution in [0.25, 0.3) is 6.08 Å². The largest absolute Gasteiger partial charge is 0.299 e. The van der Waals surface area contributed by atoms with E-state index < -0.39 is 0 Å². The minimum Gasteiger partial charge on any atom is -0.299 e. The fourth-order valence-corrected chi connectivity index (χ4v) is 1.39. The van der Waals surface area contributed by atoms with Crippen LogP contribution in [0, 0.1) is 0 Å². The summed E-state index contributed by atoms with van der Waals surface area (Å²) in [5.41, 5.74) is 4.53. The van der Waals surface area contributed by atoms with Crippen molar-refractivity contribution in [3.05, 3.63) is 41.6 Å². The van der Waals surface area contributed by atoms with Crippen molar-refractivity contribution >= 4 is 29.6 Å². The van der Waals surface area contributed by atoms with E-state index in [1.165, 1.54) is 5.01 Å². The second kappa shape index (κ2) is 4.20. The van der Waals surface area contributed by atoms with Crippen molar-refractivity contribution in [2.45, 2.75) is 0 Å². The van der Waals surface area contributed by atoms with Crippen LogP contribution in [0.3, 0.4) is 0 Å². The normalized spacial score (nSPS) is 13.3. The van der Waals surface area contributed by atoms with E-state index in [9.17, 15) is 0 Å². The zero-order valence-electron chi connectivity index (χ0n) is 7.92. The molecule has 76 valence electrons. The number of rotatable bonds is 0. The molecule has 0 aromatic heterocycles. The number of fused-ring (bicyclic) bond motifs is 1. The van der Waals surface area contributed by atoms with Gasteiger partial charge in [0, 0.05) is 11.8 Å². The summed E-state index contributed by atoms with van der Waals surface area (Å²) in [4.78, 5) is 0. The lowest BCUT2D eigenvalue weighted by molar-refractivity contribution is 0.594. The summed E-state index contributed by atoms with van der Waals surface area (Å²) in [6, 6.07) is 7.95. The van der Waals surface area contributed by atoms with Crippen LogP contribution in [-0.2, 0) is 0 Å². The van der Waals surface area contributed by atoms with Gasteiger partial charge in [0.1, 0.15) is 0 Å². The summed E-state index contributed by atoms with van der Waals surface area (Å²) >= 11 is 4.97. The van der Waals surface area contributed by atoms with Gasteiger partial charge in [0.25, 0.3) is 0 Å². The first-order valence-electron chi connectivity index (χ1n) is 4.42. The Bertz CT molecular complexity index is 406. The Kier molecular flexibility index (Phi) is 2.75. The van der Waals surface area contributed by atoms with E-state index in [0.717, 1.165) is 11.1 Å². The molecule has 1 aliphatic heterocycles. The third-order valence-corrected chi connectivity index (χ3v) is 2.35. The quantitative estimate of drug-likeness (QED) is 0.388. The molecule has 1 heterocycles. The highest BCUT2D eigenvalue weighted by molar-refractivity contribution is 7.80. The maximum Gasteiger partial charge on any atom is 0.208 e. The van der Waals surface area contributed by atoms with Gasteiger partial charge in [-0.2, -0.15) is 5.10 Å². The van der Waals surface area contributed by atoms with Gasteiger partial charge in [-0.25, -0.2) is 10.9 Å². The number of hydrazone groups is 1. The maximum atomic E-state index is 5.22. The zero-order chi connectivity index (χ0) is 10.7. The van der Waals surface area contributed by atoms with Gasteiger partial charge in [0.2, 0.25) is 5.11 Å². The monoisotopic (exact) mass is 218 g/mol. The Labute approximate surface area is 93.0 Å². The number of hydrogen-bond acceptors (Lipinski definition) is 3. The molecular weight excluding hydrogens is 208 g/mol. The highest BCUT2D eigenvalue weighted by Crippen LogP contribution is 2.12. The summed E-state index contributed by atoms with van der Waals surface area (Å²) in [5.74, 6) is 5.22. The Balaban J connectivity index is 2.34. The van der Waals surface area contributed by atoms with Crippen LogP contribution in [0.4, 0.5) is 0 Å². The standard InChI is InChI=1S/C10H10N4S/c11-13-10(15)14-6-5-8-3-1-2-4-9(8)7-12-14/h1-7H,11H2,(H,13,15). The SMILES string of the molecule is NNC(=S)N1C=Cc2ccccc2C=N1. The van der Waals surface area contributed by atoms with E-state index >= 15 is 0 Å². The number of thiocarbonyl (C=S) groups is 1. The van der Waals surface area contributed by atoms with E-state index in [0.29, 0.717) is 5.11 Å². The second-order valence-electron chi connectivity index (χ2n) is 2.98. The van der Waals surface area contributed by atoms with Gasteiger partial charge in [-0.15, -0.1) is 0 Å². The van der Waals surface area contributed by atoms with Gasteiger partial charge in [-0.05, 0) is 23.9 Å². The molecule has 5 heteroatoms. The van der Waals surface area contributed by atoms with E-state index in [-0.39, 0.29) is 0 Å². The van der Waals surface area contributed by atoms with Gasteiger partial charge in [-0.1, -0.05) is 24.3 Å². The molecule has 0 radical (unpaired) electrons. The molecule has 1 aromatic rings. The molecule has 0 bridgehead atoms. The van der Waals surface area contributed by atoms with Crippen molar-refractivity contribution in [2.24, 2.45) is 10.9 Å². The number of benzene rings is 1. The van der Waals surface area contributed by atoms with E-state index in [2.05, 4.69) is 10.5 Å². The highest BCUT2D eigenvalue weighted by Gasteiger charge is 2.06. The molecule has 0 saturated heterocycles. The molecule has 0 atom stereocenters. The second-order valence-corrected chi connectivity index (χ2v) is 3.37. The Morgan fingerprint density at radius 1 is 1.33 bits per heavy atom. The molecule has 0 fully saturated rings. The molecule has 1 aliphatic rings. The third kappa shape index (κ3) is 2.03. The molecule has 15 heavy (non-hydrogen) atoms. The Morgan fingerprint density at radius 2 is 2.07 bits per heavy atom. The molecule has 0 amide bonds. The van der Waals surface area contributed by atoms with Crippen LogP contribution >= 0.6 is 12.2 Å². The minimum atomic E-state index is 0.357. The van der Waals surface area contributed by atoms with Crippen LogP contribution in [0.2, 0.25) is 0 Å². The molecule has 1 aromatic carbocycles. The summed E-state index contributed by atoms with van der Waals surface area (Å²) < 4.78 is 0. The summed E-state index contributed by atoms with van der Waals surface area (Å²) in [5, 5.41) is 6.04. The van der Waals surface area contributed by atoms with Crippen molar-refractivity contribution in [1.82, 2.24) is 10.4 Å². The number of hydrazine groups is 1. The lowest BCUT2D eigenvalue weighted by Crippen LogP contribution is -2.37. The van der Waals surface area contributed by atoms with Crippen LogP contribution < -0.4 is 11.3 Å². The molecule has 3 N–H and O–H groups in total.